The van der Waals surface area contributed by atoms with Crippen LogP contribution in [0.5, 0.6) is 5.75 Å². The van der Waals surface area contributed by atoms with Gasteiger partial charge in [0.15, 0.2) is 5.96 Å². The summed E-state index contributed by atoms with van der Waals surface area (Å²) >= 11 is 5.91. The first-order chi connectivity index (χ1) is 13.6. The van der Waals surface area contributed by atoms with E-state index in [0.29, 0.717) is 6.61 Å². The maximum atomic E-state index is 5.91. The molecule has 7 heteroatoms. The summed E-state index contributed by atoms with van der Waals surface area (Å²) in [6, 6.07) is 7.55. The highest BCUT2D eigenvalue weighted by atomic mass is 35.5. The second-order valence-electron chi connectivity index (χ2n) is 7.83. The van der Waals surface area contributed by atoms with Gasteiger partial charge in [-0.1, -0.05) is 11.6 Å². The molecule has 2 heterocycles. The number of nitrogens with one attached hydrogen (secondary N) is 1. The summed E-state index contributed by atoms with van der Waals surface area (Å²) in [4.78, 5) is 11.8. The van der Waals surface area contributed by atoms with Crippen molar-refractivity contribution in [1.29, 1.82) is 0 Å². The fourth-order valence-corrected chi connectivity index (χ4v) is 4.14. The SMILES string of the molecule is CN=C(NCC1CCCN(C)C1)N1CCN(CCOc2ccc(Cl)cc2)CC1. The number of piperidine rings is 1. The van der Waals surface area contributed by atoms with Crippen LogP contribution in [0.3, 0.4) is 0 Å². The van der Waals surface area contributed by atoms with Gasteiger partial charge < -0.3 is 19.9 Å². The number of nitrogens with zero attached hydrogens (tertiary/aromatic N) is 4. The minimum atomic E-state index is 0.698. The van der Waals surface area contributed by atoms with Crippen LogP contribution in [-0.4, -0.2) is 93.7 Å². The largest absolute Gasteiger partial charge is 0.492 e. The summed E-state index contributed by atoms with van der Waals surface area (Å²) in [7, 11) is 4.11. The first kappa shape index (κ1) is 21.2. The van der Waals surface area contributed by atoms with Gasteiger partial charge >= 0.3 is 0 Å². The third-order valence-corrected chi connectivity index (χ3v) is 5.90. The Balaban J connectivity index is 1.34. The van der Waals surface area contributed by atoms with Gasteiger partial charge in [-0.2, -0.15) is 0 Å². The second kappa shape index (κ2) is 10.9. The van der Waals surface area contributed by atoms with Gasteiger partial charge in [-0.15, -0.1) is 0 Å². The summed E-state index contributed by atoms with van der Waals surface area (Å²) in [5.74, 6) is 2.65. The molecular formula is C21H34ClN5O. The molecule has 2 aliphatic rings. The number of guanidine groups is 1. The molecule has 2 aliphatic heterocycles. The second-order valence-corrected chi connectivity index (χ2v) is 8.27. The van der Waals surface area contributed by atoms with Crippen molar-refractivity contribution >= 4 is 17.6 Å². The van der Waals surface area contributed by atoms with Crippen LogP contribution in [-0.2, 0) is 0 Å². The van der Waals surface area contributed by atoms with Gasteiger partial charge in [0.05, 0.1) is 0 Å². The Bertz CT molecular complexity index is 616. The fourth-order valence-electron chi connectivity index (χ4n) is 4.01. The van der Waals surface area contributed by atoms with Gasteiger partial charge in [-0.05, 0) is 56.6 Å². The van der Waals surface area contributed by atoms with E-state index in [1.165, 1.54) is 25.9 Å². The van der Waals surface area contributed by atoms with E-state index in [-0.39, 0.29) is 0 Å². The van der Waals surface area contributed by atoms with Crippen LogP contribution in [0, 0.1) is 5.92 Å². The van der Waals surface area contributed by atoms with Crippen molar-refractivity contribution in [2.75, 3.05) is 73.1 Å². The van der Waals surface area contributed by atoms with Crippen molar-refractivity contribution < 1.29 is 4.74 Å². The molecule has 0 spiro atoms. The van der Waals surface area contributed by atoms with Crippen LogP contribution in [0.15, 0.2) is 29.3 Å². The van der Waals surface area contributed by atoms with Crippen molar-refractivity contribution in [3.8, 4) is 5.75 Å². The number of benzene rings is 1. The predicted molar refractivity (Wildman–Crippen MR) is 117 cm³/mol. The van der Waals surface area contributed by atoms with Crippen LogP contribution in [0.4, 0.5) is 0 Å². The highest BCUT2D eigenvalue weighted by molar-refractivity contribution is 6.30. The van der Waals surface area contributed by atoms with Crippen molar-refractivity contribution in [1.82, 2.24) is 20.0 Å². The number of hydrogen-bond donors (Lipinski definition) is 1. The normalized spacial score (nSPS) is 22.3. The molecular weight excluding hydrogens is 374 g/mol. The summed E-state index contributed by atoms with van der Waals surface area (Å²) in [6.45, 7) is 9.16. The molecule has 2 fully saturated rings. The number of hydrogen-bond acceptors (Lipinski definition) is 4. The highest BCUT2D eigenvalue weighted by Gasteiger charge is 2.21. The number of likely N-dealkylation sites (tertiary alicyclic amines) is 1. The molecule has 0 saturated carbocycles. The van der Waals surface area contributed by atoms with E-state index in [4.69, 9.17) is 16.3 Å². The van der Waals surface area contributed by atoms with Crippen LogP contribution in [0.2, 0.25) is 5.02 Å². The highest BCUT2D eigenvalue weighted by Crippen LogP contribution is 2.16. The molecule has 1 N–H and O–H groups in total. The number of aliphatic imine (C=N–C) groups is 1. The van der Waals surface area contributed by atoms with Gasteiger partial charge in [0, 0.05) is 57.9 Å². The smallest absolute Gasteiger partial charge is 0.193 e. The van der Waals surface area contributed by atoms with Gasteiger partial charge in [-0.3, -0.25) is 9.89 Å². The molecule has 6 nitrogen and oxygen atoms in total. The Morgan fingerprint density at radius 1 is 1.18 bits per heavy atom. The summed E-state index contributed by atoms with van der Waals surface area (Å²) in [5.41, 5.74) is 0. The third kappa shape index (κ3) is 6.54. The van der Waals surface area contributed by atoms with E-state index < -0.39 is 0 Å². The van der Waals surface area contributed by atoms with E-state index in [1.807, 2.05) is 31.3 Å². The molecule has 2 saturated heterocycles. The van der Waals surface area contributed by atoms with Gasteiger partial charge in [0.1, 0.15) is 12.4 Å². The minimum absolute atomic E-state index is 0.698. The van der Waals surface area contributed by atoms with Crippen molar-refractivity contribution in [3.05, 3.63) is 29.3 Å². The van der Waals surface area contributed by atoms with Crippen LogP contribution < -0.4 is 10.1 Å². The standard InChI is InChI=1S/C21H34ClN5O/c1-23-21(24-16-18-4-3-9-25(2)17-18)27-12-10-26(11-13-27)14-15-28-20-7-5-19(22)6-8-20/h5-8,18H,3-4,9-17H2,1-2H3,(H,23,24). The Kier molecular flexibility index (Phi) is 8.25. The number of halogens is 1. The lowest BCUT2D eigenvalue weighted by atomic mass is 9.98. The molecule has 1 aromatic carbocycles. The van der Waals surface area contributed by atoms with Gasteiger partial charge in [0.25, 0.3) is 0 Å². The van der Waals surface area contributed by atoms with E-state index in [2.05, 4.69) is 32.1 Å². The van der Waals surface area contributed by atoms with Crippen molar-refractivity contribution in [2.24, 2.45) is 10.9 Å². The Hall–Kier alpha value is -1.50. The van der Waals surface area contributed by atoms with Crippen LogP contribution in [0.1, 0.15) is 12.8 Å². The molecule has 0 aromatic heterocycles. The monoisotopic (exact) mass is 407 g/mol. The number of rotatable bonds is 6. The zero-order valence-electron chi connectivity index (χ0n) is 17.2. The quantitative estimate of drug-likeness (QED) is 0.578. The van der Waals surface area contributed by atoms with Crippen molar-refractivity contribution in [3.63, 3.8) is 0 Å². The fraction of sp³-hybridized carbons (Fsp3) is 0.667. The molecule has 0 radical (unpaired) electrons. The lowest BCUT2D eigenvalue weighted by Gasteiger charge is -2.37. The van der Waals surface area contributed by atoms with E-state index in [1.54, 1.807) is 0 Å². The average molecular weight is 408 g/mol. The third-order valence-electron chi connectivity index (χ3n) is 5.64. The molecule has 1 atom stereocenters. The molecule has 1 aromatic rings. The number of piperazine rings is 1. The Morgan fingerprint density at radius 2 is 1.93 bits per heavy atom. The Labute approximate surface area is 174 Å². The van der Waals surface area contributed by atoms with Crippen LogP contribution in [0.25, 0.3) is 0 Å². The van der Waals surface area contributed by atoms with E-state index in [0.717, 1.165) is 61.9 Å². The van der Waals surface area contributed by atoms with Gasteiger partial charge in [-0.25, -0.2) is 0 Å². The first-order valence-electron chi connectivity index (χ1n) is 10.4. The maximum Gasteiger partial charge on any atom is 0.193 e. The van der Waals surface area contributed by atoms with E-state index in [9.17, 15) is 0 Å². The molecule has 0 aliphatic carbocycles. The number of ether oxygens (including phenoxy) is 1. The molecule has 0 bridgehead atoms. The van der Waals surface area contributed by atoms with E-state index >= 15 is 0 Å². The average Bonchev–Trinajstić information content (AvgIpc) is 2.71. The maximum absolute atomic E-state index is 5.91. The minimum Gasteiger partial charge on any atom is -0.492 e. The molecule has 3 rings (SSSR count). The summed E-state index contributed by atoms with van der Waals surface area (Å²) < 4.78 is 5.82. The molecule has 0 amide bonds. The lowest BCUT2D eigenvalue weighted by Crippen LogP contribution is -2.54. The van der Waals surface area contributed by atoms with Crippen LogP contribution >= 0.6 is 11.6 Å². The lowest BCUT2D eigenvalue weighted by molar-refractivity contribution is 0.151. The summed E-state index contributed by atoms with van der Waals surface area (Å²) in [6.07, 6.45) is 2.62. The zero-order chi connectivity index (χ0) is 19.8. The predicted octanol–water partition coefficient (Wildman–Crippen LogP) is 2.25. The summed E-state index contributed by atoms with van der Waals surface area (Å²) in [5, 5.41) is 4.35. The Morgan fingerprint density at radius 3 is 2.61 bits per heavy atom. The van der Waals surface area contributed by atoms with Crippen molar-refractivity contribution in [2.45, 2.75) is 12.8 Å². The molecule has 28 heavy (non-hydrogen) atoms. The van der Waals surface area contributed by atoms with Gasteiger partial charge in [0.2, 0.25) is 0 Å². The topological polar surface area (TPSA) is 43.3 Å². The first-order valence-corrected chi connectivity index (χ1v) is 10.8. The zero-order valence-corrected chi connectivity index (χ0v) is 18.0. The molecule has 1 unspecified atom stereocenters. The molecule has 156 valence electrons.